The zero-order valence-corrected chi connectivity index (χ0v) is 10.3. The minimum Gasteiger partial charge on any atom is -0.307 e. The summed E-state index contributed by atoms with van der Waals surface area (Å²) in [6, 6.07) is 3.41. The molecule has 88 valence electrons. The molecule has 0 atom stereocenters. The summed E-state index contributed by atoms with van der Waals surface area (Å²) >= 11 is 1.25. The second-order valence-corrected chi connectivity index (χ2v) is 5.99. The SMILES string of the molecule is CC(C)(NCc1ccc([N+](=O)[O-])s1)C1CC1. The van der Waals surface area contributed by atoms with Gasteiger partial charge in [-0.2, -0.15) is 0 Å². The highest BCUT2D eigenvalue weighted by molar-refractivity contribution is 7.15. The minimum absolute atomic E-state index is 0.152. The van der Waals surface area contributed by atoms with Crippen LogP contribution in [0.1, 0.15) is 31.6 Å². The van der Waals surface area contributed by atoms with Crippen molar-refractivity contribution in [2.24, 2.45) is 5.92 Å². The molecule has 0 radical (unpaired) electrons. The van der Waals surface area contributed by atoms with Gasteiger partial charge in [0.1, 0.15) is 0 Å². The molecule has 0 amide bonds. The Labute approximate surface area is 98.8 Å². The Morgan fingerprint density at radius 1 is 1.56 bits per heavy atom. The van der Waals surface area contributed by atoms with Crippen LogP contribution in [-0.4, -0.2) is 10.5 Å². The van der Waals surface area contributed by atoms with Crippen LogP contribution in [0.5, 0.6) is 0 Å². The van der Waals surface area contributed by atoms with Crippen molar-refractivity contribution in [3.05, 3.63) is 27.1 Å². The van der Waals surface area contributed by atoms with Crippen molar-refractivity contribution >= 4 is 16.3 Å². The molecule has 1 aliphatic carbocycles. The molecule has 1 N–H and O–H groups in total. The fourth-order valence-electron chi connectivity index (χ4n) is 1.82. The summed E-state index contributed by atoms with van der Waals surface area (Å²) in [6.45, 7) is 5.13. The molecule has 1 saturated carbocycles. The second kappa shape index (κ2) is 4.14. The van der Waals surface area contributed by atoms with Crippen LogP contribution in [0.25, 0.3) is 0 Å². The van der Waals surface area contributed by atoms with E-state index in [1.165, 1.54) is 24.2 Å². The molecule has 16 heavy (non-hydrogen) atoms. The summed E-state index contributed by atoms with van der Waals surface area (Å²) in [5.41, 5.74) is 0.152. The van der Waals surface area contributed by atoms with Gasteiger partial charge in [0.2, 0.25) is 0 Å². The van der Waals surface area contributed by atoms with E-state index in [1.54, 1.807) is 6.07 Å². The highest BCUT2D eigenvalue weighted by Crippen LogP contribution is 2.39. The van der Waals surface area contributed by atoms with Gasteiger partial charge in [-0.3, -0.25) is 10.1 Å². The third-order valence-electron chi connectivity index (χ3n) is 3.14. The number of nitrogens with one attached hydrogen (secondary N) is 1. The number of hydrogen-bond donors (Lipinski definition) is 1. The number of nitro groups is 1. The summed E-state index contributed by atoms with van der Waals surface area (Å²) in [5.74, 6) is 0.766. The normalized spacial score (nSPS) is 16.4. The lowest BCUT2D eigenvalue weighted by atomic mass is 9.99. The molecule has 4 nitrogen and oxygen atoms in total. The molecule has 1 aliphatic rings. The molecule has 1 heterocycles. The molecule has 0 saturated heterocycles. The standard InChI is InChI=1S/C11H16N2O2S/c1-11(2,8-3-4-8)12-7-9-5-6-10(16-9)13(14)15/h5-6,8,12H,3-4,7H2,1-2H3. The van der Waals surface area contributed by atoms with Gasteiger partial charge in [0, 0.05) is 23.0 Å². The van der Waals surface area contributed by atoms with Crippen LogP contribution in [0.2, 0.25) is 0 Å². The van der Waals surface area contributed by atoms with Gasteiger partial charge in [-0.25, -0.2) is 0 Å². The van der Waals surface area contributed by atoms with E-state index in [0.717, 1.165) is 17.3 Å². The predicted octanol–water partition coefficient (Wildman–Crippen LogP) is 2.93. The van der Waals surface area contributed by atoms with Gasteiger partial charge in [0.15, 0.2) is 0 Å². The highest BCUT2D eigenvalue weighted by atomic mass is 32.1. The first-order chi connectivity index (χ1) is 7.49. The van der Waals surface area contributed by atoms with E-state index in [2.05, 4.69) is 19.2 Å². The molecule has 0 unspecified atom stereocenters. The molecular weight excluding hydrogens is 224 g/mol. The largest absolute Gasteiger partial charge is 0.324 e. The zero-order chi connectivity index (χ0) is 11.8. The summed E-state index contributed by atoms with van der Waals surface area (Å²) in [7, 11) is 0. The molecular formula is C11H16N2O2S. The van der Waals surface area contributed by atoms with Crippen LogP contribution >= 0.6 is 11.3 Å². The van der Waals surface area contributed by atoms with Crippen LogP contribution in [0.15, 0.2) is 12.1 Å². The van der Waals surface area contributed by atoms with Crippen molar-refractivity contribution < 1.29 is 4.92 Å². The zero-order valence-electron chi connectivity index (χ0n) is 9.53. The molecule has 1 fully saturated rings. The molecule has 0 bridgehead atoms. The fraction of sp³-hybridized carbons (Fsp3) is 0.636. The maximum Gasteiger partial charge on any atom is 0.324 e. The first-order valence-corrected chi connectivity index (χ1v) is 6.29. The molecule has 0 spiro atoms. The van der Waals surface area contributed by atoms with Gasteiger partial charge in [-0.05, 0) is 38.7 Å². The lowest BCUT2D eigenvalue weighted by Crippen LogP contribution is -2.40. The van der Waals surface area contributed by atoms with Crippen LogP contribution in [0, 0.1) is 16.0 Å². The Bertz CT molecular complexity index is 396. The van der Waals surface area contributed by atoms with Crippen molar-refractivity contribution in [2.75, 3.05) is 0 Å². The molecule has 1 aromatic rings. The third kappa shape index (κ3) is 2.59. The van der Waals surface area contributed by atoms with Gasteiger partial charge in [-0.15, -0.1) is 0 Å². The van der Waals surface area contributed by atoms with Gasteiger partial charge < -0.3 is 5.32 Å². The minimum atomic E-state index is -0.333. The Hall–Kier alpha value is -0.940. The summed E-state index contributed by atoms with van der Waals surface area (Å²) < 4.78 is 0. The van der Waals surface area contributed by atoms with E-state index in [-0.39, 0.29) is 15.5 Å². The first kappa shape index (κ1) is 11.5. The van der Waals surface area contributed by atoms with Crippen molar-refractivity contribution in [3.63, 3.8) is 0 Å². The summed E-state index contributed by atoms with van der Waals surface area (Å²) in [5, 5.41) is 14.2. The number of rotatable bonds is 5. The van der Waals surface area contributed by atoms with Crippen molar-refractivity contribution in [1.82, 2.24) is 5.32 Å². The monoisotopic (exact) mass is 240 g/mol. The lowest BCUT2D eigenvalue weighted by Gasteiger charge is -2.25. The fourth-order valence-corrected chi connectivity index (χ4v) is 2.58. The van der Waals surface area contributed by atoms with Gasteiger partial charge in [0.25, 0.3) is 0 Å². The van der Waals surface area contributed by atoms with Gasteiger partial charge in [0.05, 0.1) is 4.92 Å². The molecule has 5 heteroatoms. The molecule has 0 aromatic carbocycles. The van der Waals surface area contributed by atoms with E-state index in [1.807, 2.05) is 6.07 Å². The third-order valence-corrected chi connectivity index (χ3v) is 4.18. The number of nitrogens with zero attached hydrogens (tertiary/aromatic N) is 1. The Morgan fingerprint density at radius 3 is 2.75 bits per heavy atom. The summed E-state index contributed by atoms with van der Waals surface area (Å²) in [4.78, 5) is 11.2. The van der Waals surface area contributed by atoms with Crippen LogP contribution in [-0.2, 0) is 6.54 Å². The topological polar surface area (TPSA) is 55.2 Å². The Morgan fingerprint density at radius 2 is 2.25 bits per heavy atom. The Kier molecular flexibility index (Phi) is 2.99. The summed E-state index contributed by atoms with van der Waals surface area (Å²) in [6.07, 6.45) is 2.59. The predicted molar refractivity (Wildman–Crippen MR) is 64.6 cm³/mol. The van der Waals surface area contributed by atoms with Crippen molar-refractivity contribution in [2.45, 2.75) is 38.8 Å². The van der Waals surface area contributed by atoms with E-state index in [4.69, 9.17) is 0 Å². The van der Waals surface area contributed by atoms with E-state index in [0.29, 0.717) is 0 Å². The first-order valence-electron chi connectivity index (χ1n) is 5.47. The average molecular weight is 240 g/mol. The average Bonchev–Trinajstić information content (AvgIpc) is 2.95. The molecule has 2 rings (SSSR count). The van der Waals surface area contributed by atoms with E-state index >= 15 is 0 Å². The maximum absolute atomic E-state index is 10.5. The van der Waals surface area contributed by atoms with Crippen LogP contribution < -0.4 is 5.32 Å². The quantitative estimate of drug-likeness (QED) is 0.636. The Balaban J connectivity index is 1.91. The smallest absolute Gasteiger partial charge is 0.307 e. The van der Waals surface area contributed by atoms with Crippen molar-refractivity contribution in [1.29, 1.82) is 0 Å². The highest BCUT2D eigenvalue weighted by Gasteiger charge is 2.37. The van der Waals surface area contributed by atoms with Gasteiger partial charge in [-0.1, -0.05) is 11.3 Å². The van der Waals surface area contributed by atoms with Crippen molar-refractivity contribution in [3.8, 4) is 0 Å². The van der Waals surface area contributed by atoms with Gasteiger partial charge >= 0.3 is 5.00 Å². The van der Waals surface area contributed by atoms with Crippen LogP contribution in [0.4, 0.5) is 5.00 Å². The number of thiophene rings is 1. The molecule has 0 aliphatic heterocycles. The lowest BCUT2D eigenvalue weighted by molar-refractivity contribution is -0.380. The van der Waals surface area contributed by atoms with E-state index < -0.39 is 0 Å². The molecule has 1 aromatic heterocycles. The second-order valence-electron chi connectivity index (χ2n) is 4.85. The maximum atomic E-state index is 10.5. The van der Waals surface area contributed by atoms with Crippen LogP contribution in [0.3, 0.4) is 0 Å². The number of hydrogen-bond acceptors (Lipinski definition) is 4. The van der Waals surface area contributed by atoms with E-state index in [9.17, 15) is 10.1 Å².